The van der Waals surface area contributed by atoms with Crippen LogP contribution >= 0.6 is 11.6 Å². The molecule has 3 heteroatoms. The Labute approximate surface area is 122 Å². The molecule has 1 aliphatic heterocycles. The third kappa shape index (κ3) is 3.64. The first-order chi connectivity index (χ1) is 8.88. The maximum atomic E-state index is 6.16. The lowest BCUT2D eigenvalue weighted by atomic mass is 9.86. The van der Waals surface area contributed by atoms with Crippen molar-refractivity contribution in [2.75, 3.05) is 24.5 Å². The Morgan fingerprint density at radius 1 is 1.32 bits per heavy atom. The molecule has 0 aromatic heterocycles. The highest BCUT2D eigenvalue weighted by atomic mass is 35.5. The Morgan fingerprint density at radius 2 is 2.05 bits per heavy atom. The predicted molar refractivity (Wildman–Crippen MR) is 84.3 cm³/mol. The van der Waals surface area contributed by atoms with Crippen LogP contribution in [0.15, 0.2) is 18.2 Å². The van der Waals surface area contributed by atoms with Gasteiger partial charge in [-0.25, -0.2) is 0 Å². The molecule has 1 unspecified atom stereocenters. The Hall–Kier alpha value is -0.730. The van der Waals surface area contributed by atoms with Gasteiger partial charge < -0.3 is 10.2 Å². The van der Waals surface area contributed by atoms with E-state index in [1.54, 1.807) is 0 Å². The van der Waals surface area contributed by atoms with Crippen molar-refractivity contribution in [2.24, 2.45) is 5.41 Å². The molecule has 2 nitrogen and oxygen atoms in total. The smallest absolute Gasteiger partial charge is 0.0426 e. The zero-order valence-corrected chi connectivity index (χ0v) is 13.2. The maximum absolute atomic E-state index is 6.16. The van der Waals surface area contributed by atoms with Gasteiger partial charge in [0.25, 0.3) is 0 Å². The number of halogens is 1. The van der Waals surface area contributed by atoms with Crippen molar-refractivity contribution in [3.63, 3.8) is 0 Å². The van der Waals surface area contributed by atoms with Crippen LogP contribution in [0.1, 0.15) is 32.8 Å². The molecule has 1 N–H and O–H groups in total. The van der Waals surface area contributed by atoms with Crippen LogP contribution in [0.2, 0.25) is 5.02 Å². The molecule has 106 valence electrons. The number of benzene rings is 1. The zero-order valence-electron chi connectivity index (χ0n) is 12.5. The summed E-state index contributed by atoms with van der Waals surface area (Å²) in [5.74, 6) is 0. The van der Waals surface area contributed by atoms with Crippen LogP contribution in [0.4, 0.5) is 5.69 Å². The van der Waals surface area contributed by atoms with Gasteiger partial charge in [-0.3, -0.25) is 0 Å². The molecule has 0 bridgehead atoms. The quantitative estimate of drug-likeness (QED) is 0.840. The fraction of sp³-hybridized carbons (Fsp3) is 0.625. The average Bonchev–Trinajstić information content (AvgIpc) is 2.57. The first-order valence-electron chi connectivity index (χ1n) is 7.12. The van der Waals surface area contributed by atoms with Crippen molar-refractivity contribution in [3.8, 4) is 0 Å². The predicted octanol–water partition coefficient (Wildman–Crippen LogP) is 3.86. The SMILES string of the molecule is Cc1ccc(Cl)cc1N1CCCNC(C(C)(C)C)C1. The van der Waals surface area contributed by atoms with Crippen molar-refractivity contribution in [2.45, 2.75) is 40.2 Å². The summed E-state index contributed by atoms with van der Waals surface area (Å²) in [6, 6.07) is 6.69. The lowest BCUT2D eigenvalue weighted by Crippen LogP contribution is -2.46. The summed E-state index contributed by atoms with van der Waals surface area (Å²) in [6.45, 7) is 12.3. The molecule has 1 saturated heterocycles. The molecule has 0 saturated carbocycles. The lowest BCUT2D eigenvalue weighted by Gasteiger charge is -2.35. The van der Waals surface area contributed by atoms with Crippen molar-refractivity contribution in [3.05, 3.63) is 28.8 Å². The Balaban J connectivity index is 2.25. The van der Waals surface area contributed by atoms with Crippen LogP contribution in [0, 0.1) is 12.3 Å². The number of nitrogens with one attached hydrogen (secondary N) is 1. The molecule has 1 aromatic carbocycles. The van der Waals surface area contributed by atoms with Crippen molar-refractivity contribution < 1.29 is 0 Å². The van der Waals surface area contributed by atoms with Gasteiger partial charge in [-0.1, -0.05) is 38.4 Å². The molecule has 1 atom stereocenters. The van der Waals surface area contributed by atoms with E-state index in [1.807, 2.05) is 6.07 Å². The summed E-state index contributed by atoms with van der Waals surface area (Å²) >= 11 is 6.16. The van der Waals surface area contributed by atoms with Crippen LogP contribution in [0.3, 0.4) is 0 Å². The molecular formula is C16H25ClN2. The first kappa shape index (κ1) is 14.7. The third-order valence-corrected chi connectivity index (χ3v) is 4.19. The molecule has 1 fully saturated rings. The van der Waals surface area contributed by atoms with E-state index < -0.39 is 0 Å². The van der Waals surface area contributed by atoms with Crippen LogP contribution in [0.5, 0.6) is 0 Å². The second-order valence-corrected chi connectivity index (χ2v) is 7.04. The monoisotopic (exact) mass is 280 g/mol. The topological polar surface area (TPSA) is 15.3 Å². The van der Waals surface area contributed by atoms with Gasteiger partial charge in [0.05, 0.1) is 0 Å². The number of hydrogen-bond acceptors (Lipinski definition) is 2. The van der Waals surface area contributed by atoms with Crippen molar-refractivity contribution in [1.29, 1.82) is 0 Å². The van der Waals surface area contributed by atoms with E-state index in [1.165, 1.54) is 17.7 Å². The maximum Gasteiger partial charge on any atom is 0.0426 e. The van der Waals surface area contributed by atoms with Gasteiger partial charge in [0.2, 0.25) is 0 Å². The van der Waals surface area contributed by atoms with E-state index in [9.17, 15) is 0 Å². The van der Waals surface area contributed by atoms with E-state index in [-0.39, 0.29) is 5.41 Å². The van der Waals surface area contributed by atoms with E-state index in [0.29, 0.717) is 6.04 Å². The average molecular weight is 281 g/mol. The van der Waals surface area contributed by atoms with E-state index >= 15 is 0 Å². The molecule has 19 heavy (non-hydrogen) atoms. The lowest BCUT2D eigenvalue weighted by molar-refractivity contribution is 0.280. The number of rotatable bonds is 1. The summed E-state index contributed by atoms with van der Waals surface area (Å²) < 4.78 is 0. The highest BCUT2D eigenvalue weighted by Gasteiger charge is 2.28. The fourth-order valence-electron chi connectivity index (χ4n) is 2.64. The minimum atomic E-state index is 0.273. The number of aryl methyl sites for hydroxylation is 1. The summed E-state index contributed by atoms with van der Waals surface area (Å²) in [5.41, 5.74) is 2.86. The summed E-state index contributed by atoms with van der Waals surface area (Å²) in [4.78, 5) is 2.48. The van der Waals surface area contributed by atoms with Gasteiger partial charge in [-0.15, -0.1) is 0 Å². The molecule has 1 heterocycles. The zero-order chi connectivity index (χ0) is 14.0. The Morgan fingerprint density at radius 3 is 2.74 bits per heavy atom. The Bertz CT molecular complexity index is 437. The molecule has 1 aliphatic rings. The molecular weight excluding hydrogens is 256 g/mol. The van der Waals surface area contributed by atoms with E-state index in [4.69, 9.17) is 11.6 Å². The fourth-order valence-corrected chi connectivity index (χ4v) is 2.81. The highest BCUT2D eigenvalue weighted by Crippen LogP contribution is 2.28. The van der Waals surface area contributed by atoms with Gasteiger partial charge in [0.15, 0.2) is 0 Å². The summed E-state index contributed by atoms with van der Waals surface area (Å²) in [5, 5.41) is 4.50. The number of nitrogens with zero attached hydrogens (tertiary/aromatic N) is 1. The second kappa shape index (κ2) is 5.72. The minimum absolute atomic E-state index is 0.273. The normalized spacial score (nSPS) is 21.3. The van der Waals surface area contributed by atoms with E-state index in [2.05, 4.69) is 50.0 Å². The summed E-state index contributed by atoms with van der Waals surface area (Å²) in [7, 11) is 0. The molecule has 0 spiro atoms. The van der Waals surface area contributed by atoms with Gasteiger partial charge >= 0.3 is 0 Å². The van der Waals surface area contributed by atoms with Crippen LogP contribution in [-0.2, 0) is 0 Å². The second-order valence-electron chi connectivity index (χ2n) is 6.60. The van der Waals surface area contributed by atoms with Gasteiger partial charge in [-0.2, -0.15) is 0 Å². The Kier molecular flexibility index (Phi) is 4.42. The van der Waals surface area contributed by atoms with Crippen molar-refractivity contribution >= 4 is 17.3 Å². The number of anilines is 1. The highest BCUT2D eigenvalue weighted by molar-refractivity contribution is 6.30. The first-order valence-corrected chi connectivity index (χ1v) is 7.50. The molecule has 0 radical (unpaired) electrons. The summed E-state index contributed by atoms with van der Waals surface area (Å²) in [6.07, 6.45) is 1.18. The van der Waals surface area contributed by atoms with E-state index in [0.717, 1.165) is 24.7 Å². The molecule has 0 aliphatic carbocycles. The largest absolute Gasteiger partial charge is 0.370 e. The van der Waals surface area contributed by atoms with Crippen LogP contribution in [0.25, 0.3) is 0 Å². The molecule has 2 rings (SSSR count). The third-order valence-electron chi connectivity index (χ3n) is 3.96. The van der Waals surface area contributed by atoms with Crippen molar-refractivity contribution in [1.82, 2.24) is 5.32 Å². The van der Waals surface area contributed by atoms with Gasteiger partial charge in [-0.05, 0) is 43.0 Å². The standard InChI is InChI=1S/C16H25ClN2/c1-12-6-7-13(17)10-14(12)19-9-5-8-18-15(11-19)16(2,3)4/h6-7,10,15,18H,5,8-9,11H2,1-4H3. The molecule has 1 aromatic rings. The minimum Gasteiger partial charge on any atom is -0.370 e. The van der Waals surface area contributed by atoms with Crippen LogP contribution in [-0.4, -0.2) is 25.7 Å². The van der Waals surface area contributed by atoms with Gasteiger partial charge in [0.1, 0.15) is 0 Å². The van der Waals surface area contributed by atoms with Crippen LogP contribution < -0.4 is 10.2 Å². The van der Waals surface area contributed by atoms with Gasteiger partial charge in [0, 0.05) is 29.8 Å². The number of hydrogen-bond donors (Lipinski definition) is 1. The molecule has 0 amide bonds.